The molecule has 0 spiro atoms. The maximum absolute atomic E-state index is 5.15. The van der Waals surface area contributed by atoms with Gasteiger partial charge < -0.3 is 0 Å². The van der Waals surface area contributed by atoms with Crippen LogP contribution >= 0.6 is 0 Å². The number of hydrogen-bond donors (Lipinski definition) is 0. The van der Waals surface area contributed by atoms with Crippen LogP contribution in [0.4, 0.5) is 17.3 Å². The zero-order valence-electron chi connectivity index (χ0n) is 23.5. The lowest BCUT2D eigenvalue weighted by Gasteiger charge is -2.29. The summed E-state index contributed by atoms with van der Waals surface area (Å²) in [6, 6.07) is 46.5. The largest absolute Gasteiger partial charge is 0.278 e. The van der Waals surface area contributed by atoms with E-state index in [1.807, 2.05) is 60.7 Å². The molecule has 0 N–H and O–H groups in total. The van der Waals surface area contributed by atoms with Gasteiger partial charge in [-0.1, -0.05) is 135 Å². The van der Waals surface area contributed by atoms with E-state index in [2.05, 4.69) is 91.5 Å². The number of aromatic nitrogens is 3. The predicted octanol–water partition coefficient (Wildman–Crippen LogP) is 9.24. The van der Waals surface area contributed by atoms with Crippen molar-refractivity contribution in [3.05, 3.63) is 156 Å². The maximum Gasteiger partial charge on any atom is 0.238 e. The van der Waals surface area contributed by atoms with Crippen LogP contribution in [-0.2, 0) is 5.41 Å². The van der Waals surface area contributed by atoms with Crippen molar-refractivity contribution in [3.8, 4) is 22.8 Å². The number of rotatable bonds is 3. The van der Waals surface area contributed by atoms with Gasteiger partial charge in [-0.05, 0) is 34.4 Å². The Kier molecular flexibility index (Phi) is 5.44. The Bertz CT molecular complexity index is 1950. The summed E-state index contributed by atoms with van der Waals surface area (Å²) in [6.45, 7) is 4.68. The van der Waals surface area contributed by atoms with E-state index in [0.717, 1.165) is 22.5 Å². The Balaban J connectivity index is 1.45. The van der Waals surface area contributed by atoms with Gasteiger partial charge in [0.15, 0.2) is 11.6 Å². The van der Waals surface area contributed by atoms with E-state index in [1.54, 1.807) is 0 Å². The summed E-state index contributed by atoms with van der Waals surface area (Å²) in [7, 11) is 0. The molecule has 8 rings (SSSR count). The van der Waals surface area contributed by atoms with Crippen molar-refractivity contribution < 1.29 is 0 Å². The molecular formula is C38H28N4. The lowest BCUT2D eigenvalue weighted by molar-refractivity contribution is 0.704. The van der Waals surface area contributed by atoms with Gasteiger partial charge in [0.25, 0.3) is 0 Å². The molecule has 0 fully saturated rings. The van der Waals surface area contributed by atoms with Crippen LogP contribution in [0.15, 0.2) is 133 Å². The molecule has 200 valence electrons. The van der Waals surface area contributed by atoms with E-state index in [0.29, 0.717) is 17.6 Å². The third-order valence-corrected chi connectivity index (χ3v) is 8.46. The van der Waals surface area contributed by atoms with Gasteiger partial charge >= 0.3 is 0 Å². The lowest BCUT2D eigenvalue weighted by atomic mass is 9.77. The SMILES string of the molecule is CC1(C)C2=C(c3ccccc3N(c3nc(-c4ccccc4)nc(-c4ccccc4)n3)c3ccccc32)c2ccccc21. The molecular weight excluding hydrogens is 512 g/mol. The second kappa shape index (κ2) is 9.35. The van der Waals surface area contributed by atoms with E-state index in [-0.39, 0.29) is 5.41 Å². The molecule has 42 heavy (non-hydrogen) atoms. The van der Waals surface area contributed by atoms with Gasteiger partial charge in [-0.3, -0.25) is 4.90 Å². The average Bonchev–Trinajstić information content (AvgIpc) is 3.19. The quantitative estimate of drug-likeness (QED) is 0.224. The first-order valence-corrected chi connectivity index (χ1v) is 14.3. The Labute approximate surface area is 245 Å². The second-order valence-corrected chi connectivity index (χ2v) is 11.3. The van der Waals surface area contributed by atoms with Crippen molar-refractivity contribution in [1.82, 2.24) is 15.0 Å². The van der Waals surface area contributed by atoms with Crippen LogP contribution in [0.5, 0.6) is 0 Å². The highest BCUT2D eigenvalue weighted by Gasteiger charge is 2.43. The maximum atomic E-state index is 5.15. The molecule has 0 saturated carbocycles. The molecule has 2 heterocycles. The molecule has 0 saturated heterocycles. The zero-order valence-corrected chi connectivity index (χ0v) is 23.5. The molecule has 1 aliphatic heterocycles. The van der Waals surface area contributed by atoms with Gasteiger partial charge in [0.1, 0.15) is 0 Å². The standard InChI is InChI=1S/C38H28N4/c1-38(2)30-22-12-9-19-27(30)33-28-20-10-13-23-31(28)42(32-24-14-11-21-29(32)34(33)38)37-40-35(25-15-5-3-6-16-25)39-36(41-37)26-17-7-4-8-18-26/h3-24H,1-2H3. The van der Waals surface area contributed by atoms with Gasteiger partial charge in [0.05, 0.1) is 11.4 Å². The number of fused-ring (bicyclic) bond motifs is 6. The lowest BCUT2D eigenvalue weighted by Crippen LogP contribution is -2.20. The van der Waals surface area contributed by atoms with Crippen molar-refractivity contribution in [2.45, 2.75) is 19.3 Å². The van der Waals surface area contributed by atoms with Crippen LogP contribution in [0.1, 0.15) is 36.1 Å². The zero-order chi connectivity index (χ0) is 28.3. The van der Waals surface area contributed by atoms with Crippen LogP contribution < -0.4 is 4.90 Å². The van der Waals surface area contributed by atoms with Gasteiger partial charge in [-0.25, -0.2) is 4.98 Å². The number of para-hydroxylation sites is 2. The first-order valence-electron chi connectivity index (χ1n) is 14.3. The monoisotopic (exact) mass is 540 g/mol. The molecule has 1 aromatic heterocycles. The molecule has 2 aliphatic rings. The predicted molar refractivity (Wildman–Crippen MR) is 171 cm³/mol. The Morgan fingerprint density at radius 3 is 1.57 bits per heavy atom. The summed E-state index contributed by atoms with van der Waals surface area (Å²) in [6.07, 6.45) is 0. The van der Waals surface area contributed by atoms with Crippen LogP contribution in [0.2, 0.25) is 0 Å². The number of allylic oxidation sites excluding steroid dienone is 1. The molecule has 5 aromatic carbocycles. The number of hydrogen-bond acceptors (Lipinski definition) is 4. The third kappa shape index (κ3) is 3.65. The highest BCUT2D eigenvalue weighted by Crippen LogP contribution is 2.58. The minimum Gasteiger partial charge on any atom is -0.278 e. The number of benzene rings is 5. The van der Waals surface area contributed by atoms with E-state index in [1.165, 1.54) is 33.4 Å². The van der Waals surface area contributed by atoms with E-state index in [9.17, 15) is 0 Å². The van der Waals surface area contributed by atoms with Crippen molar-refractivity contribution in [2.75, 3.05) is 4.90 Å². The van der Waals surface area contributed by atoms with Crippen LogP contribution in [0.25, 0.3) is 33.9 Å². The van der Waals surface area contributed by atoms with E-state index < -0.39 is 0 Å². The fourth-order valence-corrected chi connectivity index (χ4v) is 6.58. The topological polar surface area (TPSA) is 41.9 Å². The van der Waals surface area contributed by atoms with Gasteiger partial charge in [-0.15, -0.1) is 0 Å². The van der Waals surface area contributed by atoms with Crippen LogP contribution in [-0.4, -0.2) is 15.0 Å². The molecule has 4 nitrogen and oxygen atoms in total. The summed E-state index contributed by atoms with van der Waals surface area (Å²) in [4.78, 5) is 17.5. The molecule has 4 heteroatoms. The van der Waals surface area contributed by atoms with Gasteiger partial charge in [0.2, 0.25) is 5.95 Å². The van der Waals surface area contributed by atoms with Crippen molar-refractivity contribution >= 4 is 28.5 Å². The molecule has 0 atom stereocenters. The van der Waals surface area contributed by atoms with Crippen LogP contribution in [0, 0.1) is 0 Å². The van der Waals surface area contributed by atoms with Crippen molar-refractivity contribution in [2.24, 2.45) is 0 Å². The summed E-state index contributed by atoms with van der Waals surface area (Å²) < 4.78 is 0. The minimum absolute atomic E-state index is 0.186. The Morgan fingerprint density at radius 1 is 0.476 bits per heavy atom. The van der Waals surface area contributed by atoms with Crippen LogP contribution in [0.3, 0.4) is 0 Å². The summed E-state index contributed by atoms with van der Waals surface area (Å²) >= 11 is 0. The van der Waals surface area contributed by atoms with E-state index >= 15 is 0 Å². The van der Waals surface area contributed by atoms with Gasteiger partial charge in [-0.2, -0.15) is 9.97 Å². The molecule has 0 bridgehead atoms. The summed E-state index contributed by atoms with van der Waals surface area (Å²) in [5, 5.41) is 0. The molecule has 6 aromatic rings. The highest BCUT2D eigenvalue weighted by atomic mass is 15.3. The molecule has 0 radical (unpaired) electrons. The summed E-state index contributed by atoms with van der Waals surface area (Å²) in [5.41, 5.74) is 11.4. The van der Waals surface area contributed by atoms with E-state index in [4.69, 9.17) is 15.0 Å². The smallest absolute Gasteiger partial charge is 0.238 e. The molecule has 0 unspecified atom stereocenters. The fourth-order valence-electron chi connectivity index (χ4n) is 6.58. The van der Waals surface area contributed by atoms with Gasteiger partial charge in [0, 0.05) is 27.7 Å². The number of nitrogens with zero attached hydrogens (tertiary/aromatic N) is 4. The fraction of sp³-hybridized carbons (Fsp3) is 0.0789. The number of anilines is 3. The third-order valence-electron chi connectivity index (χ3n) is 8.46. The average molecular weight is 541 g/mol. The second-order valence-electron chi connectivity index (χ2n) is 11.3. The molecule has 0 amide bonds. The Morgan fingerprint density at radius 2 is 0.952 bits per heavy atom. The van der Waals surface area contributed by atoms with Crippen molar-refractivity contribution in [3.63, 3.8) is 0 Å². The minimum atomic E-state index is -0.186. The first kappa shape index (κ1) is 24.4. The Hall–Kier alpha value is -5.35. The normalized spacial score (nSPS) is 14.5. The molecule has 1 aliphatic carbocycles. The highest BCUT2D eigenvalue weighted by molar-refractivity contribution is 6.13. The summed E-state index contributed by atoms with van der Waals surface area (Å²) in [5.74, 6) is 1.88. The first-order chi connectivity index (χ1) is 20.6. The van der Waals surface area contributed by atoms with Crippen molar-refractivity contribution in [1.29, 1.82) is 0 Å².